The first-order valence-electron chi connectivity index (χ1n) is 8.81. The molecule has 1 aromatic heterocycles. The number of ether oxygens (including phenoxy) is 3. The fraction of sp³-hybridized carbons (Fsp3) is 0.143. The van der Waals surface area contributed by atoms with Crippen LogP contribution in [-0.2, 0) is 9.53 Å². The van der Waals surface area contributed by atoms with Crippen LogP contribution in [0.15, 0.2) is 42.5 Å². The molecule has 3 aromatic rings. The van der Waals surface area contributed by atoms with Crippen molar-refractivity contribution in [3.05, 3.63) is 63.5 Å². The lowest BCUT2D eigenvalue weighted by Gasteiger charge is -2.15. The van der Waals surface area contributed by atoms with Gasteiger partial charge in [0.15, 0.2) is 11.6 Å². The van der Waals surface area contributed by atoms with E-state index in [-0.39, 0.29) is 23.1 Å². The number of rotatable bonds is 7. The number of halogens is 4. The molecule has 1 heterocycles. The van der Waals surface area contributed by atoms with Gasteiger partial charge in [-0.25, -0.2) is 0 Å². The number of benzene rings is 2. The highest BCUT2D eigenvalue weighted by atomic mass is 35.5. The zero-order chi connectivity index (χ0) is 22.5. The molecule has 0 spiro atoms. The van der Waals surface area contributed by atoms with Crippen LogP contribution in [0.1, 0.15) is 0 Å². The quantitative estimate of drug-likeness (QED) is 0.316. The van der Waals surface area contributed by atoms with Gasteiger partial charge in [-0.1, -0.05) is 46.9 Å². The zero-order valence-electron chi connectivity index (χ0n) is 16.3. The minimum Gasteiger partial charge on any atom is -0.496 e. The van der Waals surface area contributed by atoms with E-state index in [1.165, 1.54) is 14.2 Å². The minimum absolute atomic E-state index is 0.101. The maximum Gasteiger partial charge on any atom is 0.325 e. The van der Waals surface area contributed by atoms with Crippen molar-refractivity contribution in [3.63, 3.8) is 0 Å². The normalized spacial score (nSPS) is 10.5. The van der Waals surface area contributed by atoms with Crippen molar-refractivity contribution in [2.45, 2.75) is 0 Å². The van der Waals surface area contributed by atoms with E-state index in [1.807, 2.05) is 6.07 Å². The number of hydrogen-bond acceptors (Lipinski definition) is 6. The van der Waals surface area contributed by atoms with E-state index < -0.39 is 16.9 Å². The highest BCUT2D eigenvalue weighted by Gasteiger charge is 2.21. The van der Waals surface area contributed by atoms with Gasteiger partial charge in [0.2, 0.25) is 5.95 Å². The van der Waals surface area contributed by atoms with Gasteiger partial charge in [0, 0.05) is 10.6 Å². The molecule has 0 saturated heterocycles. The van der Waals surface area contributed by atoms with Crippen LogP contribution in [0.4, 0.5) is 10.2 Å². The molecule has 0 radical (unpaired) electrons. The van der Waals surface area contributed by atoms with E-state index in [4.69, 9.17) is 44.3 Å². The lowest BCUT2D eigenvalue weighted by Crippen LogP contribution is -2.16. The van der Waals surface area contributed by atoms with E-state index >= 15 is 0 Å². The Kier molecular flexibility index (Phi) is 7.43. The van der Waals surface area contributed by atoms with E-state index in [2.05, 4.69) is 15.0 Å². The minimum atomic E-state index is -1.02. The van der Waals surface area contributed by atoms with Crippen LogP contribution in [0.2, 0.25) is 15.1 Å². The molecule has 10 heteroatoms. The summed E-state index contributed by atoms with van der Waals surface area (Å²) in [7, 11) is 2.76. The van der Waals surface area contributed by atoms with Crippen LogP contribution in [-0.4, -0.2) is 31.7 Å². The fourth-order valence-corrected chi connectivity index (χ4v) is 3.33. The standard InChI is InChI=1S/C21H16Cl3FN2O4/c1-29-15-7-6-13(9-14(15)11-4-3-5-12(22)8-11)31-19-17(23)20(25)27-21(18(19)24)26-10-16(28)30-2/h3-9H,10H2,1-2H3,(H,26,27). The number of carbonyl (C=O) groups is 1. The average molecular weight is 486 g/mol. The summed E-state index contributed by atoms with van der Waals surface area (Å²) in [5.41, 5.74) is 1.47. The average Bonchev–Trinajstić information content (AvgIpc) is 2.77. The Hall–Kier alpha value is -2.74. The second-order valence-electron chi connectivity index (χ2n) is 6.11. The van der Waals surface area contributed by atoms with Crippen molar-refractivity contribution in [2.24, 2.45) is 0 Å². The number of aromatic nitrogens is 1. The van der Waals surface area contributed by atoms with E-state index in [9.17, 15) is 9.18 Å². The Morgan fingerprint density at radius 2 is 1.87 bits per heavy atom. The molecule has 0 bridgehead atoms. The molecule has 0 aliphatic rings. The van der Waals surface area contributed by atoms with Crippen molar-refractivity contribution in [1.29, 1.82) is 0 Å². The van der Waals surface area contributed by atoms with Gasteiger partial charge in [-0.3, -0.25) is 4.79 Å². The number of methoxy groups -OCH3 is 2. The molecule has 0 aliphatic heterocycles. The SMILES string of the molecule is COC(=O)CNc1nc(F)c(Cl)c(Oc2ccc(OC)c(-c3cccc(Cl)c3)c2)c1Cl. The van der Waals surface area contributed by atoms with Crippen LogP contribution >= 0.6 is 34.8 Å². The second-order valence-corrected chi connectivity index (χ2v) is 7.30. The number of hydrogen-bond donors (Lipinski definition) is 1. The predicted octanol–water partition coefficient (Wildman–Crippen LogP) is 6.23. The molecule has 31 heavy (non-hydrogen) atoms. The highest BCUT2D eigenvalue weighted by Crippen LogP contribution is 2.43. The molecule has 0 aliphatic carbocycles. The van der Waals surface area contributed by atoms with Crippen molar-refractivity contribution < 1.29 is 23.4 Å². The third-order valence-corrected chi connectivity index (χ3v) is 5.07. The number of nitrogens with zero attached hydrogens (tertiary/aromatic N) is 1. The number of nitrogens with one attached hydrogen (secondary N) is 1. The predicted molar refractivity (Wildman–Crippen MR) is 118 cm³/mol. The summed E-state index contributed by atoms with van der Waals surface area (Å²) in [5.74, 6) is -0.996. The molecule has 2 aromatic carbocycles. The van der Waals surface area contributed by atoms with Gasteiger partial charge in [0.25, 0.3) is 0 Å². The molecular formula is C21H16Cl3FN2O4. The molecule has 0 amide bonds. The third-order valence-electron chi connectivity index (χ3n) is 4.15. The van der Waals surface area contributed by atoms with Gasteiger partial charge >= 0.3 is 5.97 Å². The van der Waals surface area contributed by atoms with Gasteiger partial charge in [-0.2, -0.15) is 9.37 Å². The Labute approximate surface area is 192 Å². The first-order valence-corrected chi connectivity index (χ1v) is 9.94. The van der Waals surface area contributed by atoms with Crippen molar-refractivity contribution >= 4 is 46.6 Å². The van der Waals surface area contributed by atoms with E-state index in [0.29, 0.717) is 22.1 Å². The molecule has 6 nitrogen and oxygen atoms in total. The summed E-state index contributed by atoms with van der Waals surface area (Å²) >= 11 is 18.4. The number of pyridine rings is 1. The van der Waals surface area contributed by atoms with Gasteiger partial charge in [0.1, 0.15) is 28.1 Å². The third kappa shape index (κ3) is 5.31. The topological polar surface area (TPSA) is 69.7 Å². The van der Waals surface area contributed by atoms with Gasteiger partial charge in [-0.05, 0) is 35.9 Å². The van der Waals surface area contributed by atoms with Crippen molar-refractivity contribution in [2.75, 3.05) is 26.1 Å². The molecule has 0 unspecified atom stereocenters. The molecule has 1 N–H and O–H groups in total. The zero-order valence-corrected chi connectivity index (χ0v) is 18.6. The van der Waals surface area contributed by atoms with Crippen LogP contribution in [0.5, 0.6) is 17.2 Å². The van der Waals surface area contributed by atoms with Crippen LogP contribution in [0, 0.1) is 5.95 Å². The molecule has 162 valence electrons. The molecule has 0 fully saturated rings. The lowest BCUT2D eigenvalue weighted by atomic mass is 10.0. The number of anilines is 1. The monoisotopic (exact) mass is 484 g/mol. The maximum atomic E-state index is 14.3. The summed E-state index contributed by atoms with van der Waals surface area (Å²) in [6, 6.07) is 12.1. The van der Waals surface area contributed by atoms with Gasteiger partial charge in [-0.15, -0.1) is 0 Å². The number of carbonyl (C=O) groups excluding carboxylic acids is 1. The fourth-order valence-electron chi connectivity index (χ4n) is 2.68. The summed E-state index contributed by atoms with van der Waals surface area (Å²) in [6.07, 6.45) is 0. The summed E-state index contributed by atoms with van der Waals surface area (Å²) in [6.45, 7) is -0.273. The Balaban J connectivity index is 1.99. The Morgan fingerprint density at radius 3 is 2.55 bits per heavy atom. The van der Waals surface area contributed by atoms with Crippen LogP contribution in [0.3, 0.4) is 0 Å². The second kappa shape index (κ2) is 10.0. The first-order chi connectivity index (χ1) is 14.8. The molecule has 3 rings (SSSR count). The summed E-state index contributed by atoms with van der Waals surface area (Å²) in [5, 5.41) is 2.63. The number of esters is 1. The Bertz CT molecular complexity index is 1130. The molecule has 0 saturated carbocycles. The largest absolute Gasteiger partial charge is 0.496 e. The lowest BCUT2D eigenvalue weighted by molar-refractivity contribution is -0.138. The van der Waals surface area contributed by atoms with Crippen LogP contribution < -0.4 is 14.8 Å². The van der Waals surface area contributed by atoms with Crippen molar-refractivity contribution in [3.8, 4) is 28.4 Å². The van der Waals surface area contributed by atoms with Crippen molar-refractivity contribution in [1.82, 2.24) is 4.98 Å². The summed E-state index contributed by atoms with van der Waals surface area (Å²) < 4.78 is 30.0. The molecular weight excluding hydrogens is 470 g/mol. The maximum absolute atomic E-state index is 14.3. The van der Waals surface area contributed by atoms with Gasteiger partial charge < -0.3 is 19.5 Å². The van der Waals surface area contributed by atoms with E-state index in [0.717, 1.165) is 5.56 Å². The van der Waals surface area contributed by atoms with Gasteiger partial charge in [0.05, 0.1) is 14.2 Å². The van der Waals surface area contributed by atoms with Crippen LogP contribution in [0.25, 0.3) is 11.1 Å². The Morgan fingerprint density at radius 1 is 1.10 bits per heavy atom. The smallest absolute Gasteiger partial charge is 0.325 e. The first kappa shape index (κ1) is 22.9. The summed E-state index contributed by atoms with van der Waals surface area (Å²) in [4.78, 5) is 15.0. The highest BCUT2D eigenvalue weighted by molar-refractivity contribution is 6.38. The van der Waals surface area contributed by atoms with E-state index in [1.54, 1.807) is 36.4 Å². The molecule has 0 atom stereocenters.